The molecular formula is C15H24N4O3. The van der Waals surface area contributed by atoms with Gasteiger partial charge in [0.1, 0.15) is 0 Å². The van der Waals surface area contributed by atoms with Crippen LogP contribution >= 0.6 is 0 Å². The number of nitrogens with one attached hydrogen (secondary N) is 2. The minimum Gasteiger partial charge on any atom is -0.382 e. The highest BCUT2D eigenvalue weighted by Gasteiger charge is 2.25. The fraction of sp³-hybridized carbons (Fsp3) is 0.667. The Bertz CT molecular complexity index is 532. The smallest absolute Gasteiger partial charge is 0.266 e. The molecule has 1 amide bonds. The molecule has 0 saturated carbocycles. The minimum atomic E-state index is -0.222. The number of rotatable bonds is 7. The van der Waals surface area contributed by atoms with E-state index in [1.807, 2.05) is 6.92 Å². The van der Waals surface area contributed by atoms with Gasteiger partial charge in [-0.2, -0.15) is 5.10 Å². The van der Waals surface area contributed by atoms with Gasteiger partial charge in [-0.3, -0.25) is 9.59 Å². The van der Waals surface area contributed by atoms with Crippen LogP contribution in [-0.4, -0.2) is 49.0 Å². The van der Waals surface area contributed by atoms with Gasteiger partial charge in [-0.05, 0) is 26.2 Å². The van der Waals surface area contributed by atoms with Crippen LogP contribution in [-0.2, 0) is 9.53 Å². The number of ether oxygens (including phenoxy) is 1. The summed E-state index contributed by atoms with van der Waals surface area (Å²) in [7, 11) is 0. The highest BCUT2D eigenvalue weighted by Crippen LogP contribution is 2.21. The Morgan fingerprint density at radius 2 is 2.45 bits per heavy atom. The summed E-state index contributed by atoms with van der Waals surface area (Å²) >= 11 is 0. The van der Waals surface area contributed by atoms with Crippen molar-refractivity contribution in [1.82, 2.24) is 15.5 Å². The van der Waals surface area contributed by atoms with Gasteiger partial charge < -0.3 is 15.0 Å². The molecule has 0 bridgehead atoms. The number of aromatic amines is 1. The van der Waals surface area contributed by atoms with Gasteiger partial charge in [0.05, 0.1) is 17.8 Å². The Balaban J connectivity index is 1.82. The van der Waals surface area contributed by atoms with Gasteiger partial charge in [0.15, 0.2) is 0 Å². The van der Waals surface area contributed by atoms with Crippen molar-refractivity contribution >= 4 is 11.6 Å². The molecule has 1 atom stereocenters. The van der Waals surface area contributed by atoms with Gasteiger partial charge in [-0.1, -0.05) is 0 Å². The molecule has 7 heteroatoms. The van der Waals surface area contributed by atoms with Crippen LogP contribution in [0.1, 0.15) is 26.2 Å². The topological polar surface area (TPSA) is 87.3 Å². The Hall–Kier alpha value is -1.89. The van der Waals surface area contributed by atoms with Crippen LogP contribution in [0.25, 0.3) is 0 Å². The number of aromatic nitrogens is 2. The second-order valence-corrected chi connectivity index (χ2v) is 5.43. The van der Waals surface area contributed by atoms with Crippen LogP contribution in [0.5, 0.6) is 0 Å². The lowest BCUT2D eigenvalue weighted by atomic mass is 9.97. The van der Waals surface area contributed by atoms with Gasteiger partial charge in [-0.15, -0.1) is 0 Å². The highest BCUT2D eigenvalue weighted by atomic mass is 16.5. The Kier molecular flexibility index (Phi) is 6.39. The van der Waals surface area contributed by atoms with E-state index in [9.17, 15) is 9.59 Å². The molecule has 1 fully saturated rings. The van der Waals surface area contributed by atoms with E-state index >= 15 is 0 Å². The number of nitrogens with zero attached hydrogens (tertiary/aromatic N) is 2. The van der Waals surface area contributed by atoms with Crippen molar-refractivity contribution in [2.24, 2.45) is 5.92 Å². The molecule has 1 saturated heterocycles. The molecule has 122 valence electrons. The summed E-state index contributed by atoms with van der Waals surface area (Å²) in [6.45, 7) is 5.45. The van der Waals surface area contributed by atoms with E-state index in [2.05, 4.69) is 20.4 Å². The fourth-order valence-corrected chi connectivity index (χ4v) is 2.64. The summed E-state index contributed by atoms with van der Waals surface area (Å²) < 4.78 is 5.25. The maximum atomic E-state index is 12.2. The zero-order chi connectivity index (χ0) is 15.8. The second-order valence-electron chi connectivity index (χ2n) is 5.43. The predicted octanol–water partition coefficient (Wildman–Crippen LogP) is 0.529. The molecule has 1 aliphatic rings. The van der Waals surface area contributed by atoms with E-state index in [1.165, 1.54) is 6.07 Å². The molecule has 2 rings (SSSR count). The average molecular weight is 308 g/mol. The van der Waals surface area contributed by atoms with Crippen molar-refractivity contribution in [3.8, 4) is 0 Å². The number of anilines is 1. The molecule has 2 N–H and O–H groups in total. The van der Waals surface area contributed by atoms with Crippen molar-refractivity contribution in [1.29, 1.82) is 0 Å². The standard InChI is InChI=1S/C15H24N4O3/c1-2-22-8-4-6-16-15(21)12-5-3-7-19(11-12)13-9-14(20)18-17-10-13/h9-10,12H,2-8,11H2,1H3,(H,16,21)(H,18,20). The molecule has 7 nitrogen and oxygen atoms in total. The predicted molar refractivity (Wildman–Crippen MR) is 83.9 cm³/mol. The summed E-state index contributed by atoms with van der Waals surface area (Å²) in [6, 6.07) is 1.52. The van der Waals surface area contributed by atoms with E-state index in [1.54, 1.807) is 6.20 Å². The molecule has 0 aliphatic carbocycles. The van der Waals surface area contributed by atoms with Crippen LogP contribution in [0.15, 0.2) is 17.1 Å². The first-order valence-corrected chi connectivity index (χ1v) is 7.86. The van der Waals surface area contributed by atoms with E-state index in [-0.39, 0.29) is 17.4 Å². The van der Waals surface area contributed by atoms with E-state index in [4.69, 9.17) is 4.74 Å². The number of carbonyl (C=O) groups is 1. The zero-order valence-corrected chi connectivity index (χ0v) is 13.0. The van der Waals surface area contributed by atoms with Crippen molar-refractivity contribution < 1.29 is 9.53 Å². The molecular weight excluding hydrogens is 284 g/mol. The molecule has 2 heterocycles. The lowest BCUT2D eigenvalue weighted by Gasteiger charge is -2.33. The van der Waals surface area contributed by atoms with E-state index < -0.39 is 0 Å². The third-order valence-electron chi connectivity index (χ3n) is 3.78. The molecule has 0 radical (unpaired) electrons. The molecule has 1 aliphatic heterocycles. The summed E-state index contributed by atoms with van der Waals surface area (Å²) in [6.07, 6.45) is 4.27. The quantitative estimate of drug-likeness (QED) is 0.718. The Morgan fingerprint density at radius 1 is 1.59 bits per heavy atom. The van der Waals surface area contributed by atoms with Crippen LogP contribution in [0.3, 0.4) is 0 Å². The van der Waals surface area contributed by atoms with Gasteiger partial charge in [0.25, 0.3) is 5.56 Å². The lowest BCUT2D eigenvalue weighted by molar-refractivity contribution is -0.125. The first-order valence-electron chi connectivity index (χ1n) is 7.86. The Labute approximate surface area is 130 Å². The normalized spacial score (nSPS) is 18.2. The molecule has 0 aromatic carbocycles. The van der Waals surface area contributed by atoms with Crippen LogP contribution in [0.4, 0.5) is 5.69 Å². The minimum absolute atomic E-state index is 0.0415. The van der Waals surface area contributed by atoms with Gasteiger partial charge in [-0.25, -0.2) is 5.10 Å². The first kappa shape index (κ1) is 16.5. The number of H-pyrrole nitrogens is 1. The highest BCUT2D eigenvalue weighted by molar-refractivity contribution is 5.79. The van der Waals surface area contributed by atoms with Crippen LogP contribution in [0, 0.1) is 5.92 Å². The van der Waals surface area contributed by atoms with Crippen molar-refractivity contribution in [2.75, 3.05) is 37.7 Å². The van der Waals surface area contributed by atoms with Crippen molar-refractivity contribution in [3.05, 3.63) is 22.6 Å². The monoisotopic (exact) mass is 308 g/mol. The Morgan fingerprint density at radius 3 is 3.23 bits per heavy atom. The van der Waals surface area contributed by atoms with Gasteiger partial charge >= 0.3 is 0 Å². The number of hydrogen-bond donors (Lipinski definition) is 2. The van der Waals surface area contributed by atoms with Crippen molar-refractivity contribution in [3.63, 3.8) is 0 Å². The summed E-state index contributed by atoms with van der Waals surface area (Å²) in [5.74, 6) is 0.0409. The van der Waals surface area contributed by atoms with Gasteiger partial charge in [0, 0.05) is 38.9 Å². The molecule has 1 aromatic heterocycles. The fourth-order valence-electron chi connectivity index (χ4n) is 2.64. The summed E-state index contributed by atoms with van der Waals surface area (Å²) in [5.41, 5.74) is 0.553. The average Bonchev–Trinajstić information content (AvgIpc) is 2.54. The number of hydrogen-bond acceptors (Lipinski definition) is 5. The second kappa shape index (κ2) is 8.53. The van der Waals surface area contributed by atoms with Crippen LogP contribution < -0.4 is 15.8 Å². The molecule has 0 spiro atoms. The maximum Gasteiger partial charge on any atom is 0.266 e. The number of amides is 1. The SMILES string of the molecule is CCOCCCNC(=O)C1CCCN(c2cn[nH]c(=O)c2)C1. The van der Waals surface area contributed by atoms with Gasteiger partial charge in [0.2, 0.25) is 5.91 Å². The number of piperidine rings is 1. The zero-order valence-electron chi connectivity index (χ0n) is 13.0. The molecule has 1 aromatic rings. The summed E-state index contributed by atoms with van der Waals surface area (Å²) in [5, 5.41) is 9.15. The first-order chi connectivity index (χ1) is 10.7. The third-order valence-corrected chi connectivity index (χ3v) is 3.78. The third kappa shape index (κ3) is 4.84. The summed E-state index contributed by atoms with van der Waals surface area (Å²) in [4.78, 5) is 25.6. The van der Waals surface area contributed by atoms with Crippen LogP contribution in [0.2, 0.25) is 0 Å². The maximum absolute atomic E-state index is 12.2. The molecule has 1 unspecified atom stereocenters. The number of carbonyl (C=O) groups excluding carboxylic acids is 1. The van der Waals surface area contributed by atoms with Crippen molar-refractivity contribution in [2.45, 2.75) is 26.2 Å². The van der Waals surface area contributed by atoms with E-state index in [0.717, 1.165) is 31.5 Å². The van der Waals surface area contributed by atoms with E-state index in [0.29, 0.717) is 26.3 Å². The largest absolute Gasteiger partial charge is 0.382 e. The molecule has 22 heavy (non-hydrogen) atoms. The lowest BCUT2D eigenvalue weighted by Crippen LogP contribution is -2.43.